The molecule has 2 atom stereocenters. The zero-order valence-electron chi connectivity index (χ0n) is 16.2. The highest BCUT2D eigenvalue weighted by atomic mass is 19.1. The number of ketones is 1. The topological polar surface area (TPSA) is 80.9 Å². The van der Waals surface area contributed by atoms with Gasteiger partial charge in [-0.1, -0.05) is 12.1 Å². The van der Waals surface area contributed by atoms with Gasteiger partial charge >= 0.3 is 5.97 Å². The summed E-state index contributed by atoms with van der Waals surface area (Å²) in [6.07, 6.45) is 1.80. The first-order valence-electron chi connectivity index (χ1n) is 9.56. The van der Waals surface area contributed by atoms with Crippen LogP contribution in [0.25, 0.3) is 5.65 Å². The number of hydrogen-bond donors (Lipinski definition) is 1. The van der Waals surface area contributed by atoms with Gasteiger partial charge in [0.2, 0.25) is 0 Å². The number of ether oxygens (including phenoxy) is 1. The minimum Gasteiger partial charge on any atom is -0.490 e. The molecule has 0 saturated carbocycles. The van der Waals surface area contributed by atoms with Crippen molar-refractivity contribution in [3.8, 4) is 5.75 Å². The van der Waals surface area contributed by atoms with E-state index in [2.05, 4.69) is 4.98 Å². The first-order valence-corrected chi connectivity index (χ1v) is 9.56. The van der Waals surface area contributed by atoms with Crippen molar-refractivity contribution < 1.29 is 23.8 Å². The average molecular weight is 396 g/mol. The van der Waals surface area contributed by atoms with Crippen molar-refractivity contribution in [2.24, 2.45) is 5.92 Å². The maximum absolute atomic E-state index is 14.2. The summed E-state index contributed by atoms with van der Waals surface area (Å²) in [7, 11) is 0. The lowest BCUT2D eigenvalue weighted by Crippen LogP contribution is -2.21. The number of pyridine rings is 1. The van der Waals surface area contributed by atoms with Gasteiger partial charge in [0.25, 0.3) is 0 Å². The third-order valence-electron chi connectivity index (χ3n) is 5.54. The van der Waals surface area contributed by atoms with Gasteiger partial charge in [-0.15, -0.1) is 0 Å². The Labute approximate surface area is 167 Å². The zero-order valence-corrected chi connectivity index (χ0v) is 16.2. The van der Waals surface area contributed by atoms with E-state index < -0.39 is 23.6 Å². The van der Waals surface area contributed by atoms with Crippen LogP contribution < -0.4 is 4.74 Å². The number of aryl methyl sites for hydroxylation is 1. The summed E-state index contributed by atoms with van der Waals surface area (Å²) in [6, 6.07) is 8.16. The number of benzene rings is 1. The Hall–Kier alpha value is -3.22. The fourth-order valence-corrected chi connectivity index (χ4v) is 4.29. The summed E-state index contributed by atoms with van der Waals surface area (Å²) in [5.74, 6) is -2.50. The van der Waals surface area contributed by atoms with E-state index in [1.165, 1.54) is 6.07 Å². The number of fused-ring (bicyclic) bond motifs is 2. The predicted octanol–water partition coefficient (Wildman–Crippen LogP) is 3.79. The number of carboxylic acids is 1. The van der Waals surface area contributed by atoms with E-state index >= 15 is 0 Å². The average Bonchev–Trinajstić information content (AvgIpc) is 3.21. The van der Waals surface area contributed by atoms with Gasteiger partial charge in [-0.3, -0.25) is 14.0 Å². The molecule has 0 amide bonds. The fourth-order valence-electron chi connectivity index (χ4n) is 4.29. The largest absolute Gasteiger partial charge is 0.490 e. The number of carbonyl (C=O) groups excluding carboxylic acids is 1. The van der Waals surface area contributed by atoms with Crippen LogP contribution in [0.1, 0.15) is 46.6 Å². The van der Waals surface area contributed by atoms with Crippen molar-refractivity contribution in [2.75, 3.05) is 6.61 Å². The summed E-state index contributed by atoms with van der Waals surface area (Å²) < 4.78 is 21.5. The molecule has 6 nitrogen and oxygen atoms in total. The maximum atomic E-state index is 14.2. The van der Waals surface area contributed by atoms with Crippen LogP contribution in [0.2, 0.25) is 0 Å². The van der Waals surface area contributed by atoms with Gasteiger partial charge in [-0.05, 0) is 49.6 Å². The van der Waals surface area contributed by atoms with E-state index in [1.807, 2.05) is 6.92 Å². The number of aliphatic carboxylic acids is 1. The second-order valence-corrected chi connectivity index (χ2v) is 7.24. The molecule has 0 radical (unpaired) electrons. The van der Waals surface area contributed by atoms with Crippen molar-refractivity contribution in [3.05, 3.63) is 64.9 Å². The SMILES string of the molecule is CCOc1cccn2c(C(=O)C[C@@H]3c4cccc(F)c4C[C@H]3C(=O)O)c(C)nc12. The van der Waals surface area contributed by atoms with E-state index in [9.17, 15) is 19.1 Å². The quantitative estimate of drug-likeness (QED) is 0.641. The number of hydrogen-bond acceptors (Lipinski definition) is 4. The highest BCUT2D eigenvalue weighted by molar-refractivity contribution is 5.97. The molecule has 150 valence electrons. The Bertz CT molecular complexity index is 1120. The highest BCUT2D eigenvalue weighted by Crippen LogP contribution is 2.42. The number of rotatable bonds is 6. The van der Waals surface area contributed by atoms with E-state index in [-0.39, 0.29) is 18.6 Å². The van der Waals surface area contributed by atoms with Gasteiger partial charge in [0.1, 0.15) is 11.5 Å². The van der Waals surface area contributed by atoms with Gasteiger partial charge < -0.3 is 9.84 Å². The maximum Gasteiger partial charge on any atom is 0.307 e. The molecule has 0 unspecified atom stereocenters. The number of imidazole rings is 1. The first kappa shape index (κ1) is 19.1. The molecule has 1 aliphatic rings. The summed E-state index contributed by atoms with van der Waals surface area (Å²) >= 11 is 0. The molecule has 4 rings (SSSR count). The third-order valence-corrected chi connectivity index (χ3v) is 5.54. The van der Waals surface area contributed by atoms with Crippen molar-refractivity contribution in [1.29, 1.82) is 0 Å². The standard InChI is InChI=1S/C22H21FN2O4/c1-3-29-19-8-5-9-25-20(12(2)24-21(19)25)18(26)11-14-13-6-4-7-17(23)15(13)10-16(14)22(27)28/h4-9,14,16H,3,10-11H2,1-2H3,(H,27,28)/t14-,16-/m1/s1. The van der Waals surface area contributed by atoms with Crippen molar-refractivity contribution in [1.82, 2.24) is 9.38 Å². The predicted molar refractivity (Wildman–Crippen MR) is 104 cm³/mol. The molecule has 0 fully saturated rings. The van der Waals surface area contributed by atoms with Crippen LogP contribution >= 0.6 is 0 Å². The van der Waals surface area contributed by atoms with Crippen LogP contribution in [-0.4, -0.2) is 32.9 Å². The Kier molecular flexibility index (Phi) is 4.82. The zero-order chi connectivity index (χ0) is 20.7. The van der Waals surface area contributed by atoms with Gasteiger partial charge in [-0.2, -0.15) is 0 Å². The number of carbonyl (C=O) groups is 2. The molecule has 0 spiro atoms. The van der Waals surface area contributed by atoms with Gasteiger partial charge in [0.15, 0.2) is 17.2 Å². The van der Waals surface area contributed by atoms with E-state index in [1.54, 1.807) is 41.8 Å². The Balaban J connectivity index is 1.73. The Morgan fingerprint density at radius 1 is 1.31 bits per heavy atom. The Morgan fingerprint density at radius 3 is 2.83 bits per heavy atom. The molecule has 1 aliphatic carbocycles. The first-order chi connectivity index (χ1) is 13.9. The molecular weight excluding hydrogens is 375 g/mol. The van der Waals surface area contributed by atoms with Crippen molar-refractivity contribution in [3.63, 3.8) is 0 Å². The number of Topliss-reactive ketones (excluding diaryl/α,β-unsaturated/α-hetero) is 1. The second-order valence-electron chi connectivity index (χ2n) is 7.24. The van der Waals surface area contributed by atoms with Gasteiger partial charge in [-0.25, -0.2) is 9.37 Å². The summed E-state index contributed by atoms with van der Waals surface area (Å²) in [5, 5.41) is 9.64. The third kappa shape index (κ3) is 3.16. The Morgan fingerprint density at radius 2 is 2.10 bits per heavy atom. The molecule has 1 N–H and O–H groups in total. The summed E-state index contributed by atoms with van der Waals surface area (Å²) in [5.41, 5.74) is 2.49. The van der Waals surface area contributed by atoms with Crippen LogP contribution in [0.3, 0.4) is 0 Å². The van der Waals surface area contributed by atoms with Crippen LogP contribution in [0.15, 0.2) is 36.5 Å². The number of carboxylic acid groups (broad SMARTS) is 1. The van der Waals surface area contributed by atoms with E-state index in [0.29, 0.717) is 40.5 Å². The molecule has 0 aliphatic heterocycles. The summed E-state index contributed by atoms with van der Waals surface area (Å²) in [6.45, 7) is 4.08. The molecule has 2 aromatic heterocycles. The lowest BCUT2D eigenvalue weighted by atomic mass is 9.87. The lowest BCUT2D eigenvalue weighted by Gasteiger charge is -2.16. The summed E-state index contributed by atoms with van der Waals surface area (Å²) in [4.78, 5) is 29.5. The van der Waals surface area contributed by atoms with Crippen LogP contribution in [0.4, 0.5) is 4.39 Å². The van der Waals surface area contributed by atoms with Crippen molar-refractivity contribution in [2.45, 2.75) is 32.6 Å². The van der Waals surface area contributed by atoms with Crippen LogP contribution in [-0.2, 0) is 11.2 Å². The number of aromatic nitrogens is 2. The van der Waals surface area contributed by atoms with E-state index in [0.717, 1.165) is 0 Å². The van der Waals surface area contributed by atoms with Gasteiger partial charge in [0.05, 0.1) is 18.2 Å². The molecule has 1 aromatic carbocycles. The molecule has 2 heterocycles. The molecule has 0 bridgehead atoms. The van der Waals surface area contributed by atoms with Crippen LogP contribution in [0, 0.1) is 18.7 Å². The number of halogens is 1. The van der Waals surface area contributed by atoms with Gasteiger partial charge in [0, 0.05) is 18.5 Å². The lowest BCUT2D eigenvalue weighted by molar-refractivity contribution is -0.142. The minimum absolute atomic E-state index is 0.0269. The minimum atomic E-state index is -1.02. The molecule has 7 heteroatoms. The molecule has 0 saturated heterocycles. The fraction of sp³-hybridized carbons (Fsp3) is 0.318. The highest BCUT2D eigenvalue weighted by Gasteiger charge is 2.40. The molecular formula is C22H21FN2O4. The monoisotopic (exact) mass is 396 g/mol. The second kappa shape index (κ2) is 7.31. The normalized spacial score (nSPS) is 18.0. The molecule has 29 heavy (non-hydrogen) atoms. The number of nitrogens with zero attached hydrogens (tertiary/aromatic N) is 2. The molecule has 3 aromatic rings. The van der Waals surface area contributed by atoms with Crippen LogP contribution in [0.5, 0.6) is 5.75 Å². The smallest absolute Gasteiger partial charge is 0.307 e. The van der Waals surface area contributed by atoms with E-state index in [4.69, 9.17) is 4.74 Å². The van der Waals surface area contributed by atoms with Crippen molar-refractivity contribution >= 4 is 17.4 Å².